The van der Waals surface area contributed by atoms with Gasteiger partial charge in [0.05, 0.1) is 5.92 Å². The van der Waals surface area contributed by atoms with E-state index < -0.39 is 23.2 Å². The Morgan fingerprint density at radius 2 is 1.46 bits per heavy atom. The first-order chi connectivity index (χ1) is 18.9. The number of cyclic esters (lactones) is 1. The van der Waals surface area contributed by atoms with Crippen molar-refractivity contribution in [2.45, 2.75) is 136 Å². The second-order valence-electron chi connectivity index (χ2n) is 11.6. The number of carboxylic acids is 1. The van der Waals surface area contributed by atoms with E-state index in [9.17, 15) is 19.5 Å². The van der Waals surface area contributed by atoms with E-state index in [0.29, 0.717) is 19.3 Å². The lowest BCUT2D eigenvalue weighted by atomic mass is 9.65. The molecule has 1 fully saturated rings. The molecule has 6 nitrogen and oxygen atoms in total. The first kappa shape index (κ1) is 32.8. The van der Waals surface area contributed by atoms with Gasteiger partial charge in [0, 0.05) is 0 Å². The summed E-state index contributed by atoms with van der Waals surface area (Å²) in [5, 5.41) is 10.5. The van der Waals surface area contributed by atoms with Crippen LogP contribution in [-0.4, -0.2) is 29.1 Å². The Kier molecular flexibility index (Phi) is 15.2. The van der Waals surface area contributed by atoms with E-state index in [2.05, 4.69) is 13.8 Å². The zero-order chi connectivity index (χ0) is 28.5. The number of primary amides is 1. The smallest absolute Gasteiger partial charge is 0.319 e. The molecule has 1 amide bonds. The SMILES string of the molecule is CCCCCCCCCCCC(C[C@@H]1OC(=O)[C@H]1CCCCCC)[C@@](CCc1ccccc1)(C(N)=O)C(=O)O. The molecule has 1 aliphatic heterocycles. The summed E-state index contributed by atoms with van der Waals surface area (Å²) in [4.78, 5) is 38.2. The maximum Gasteiger partial charge on any atom is 0.319 e. The van der Waals surface area contributed by atoms with Crippen LogP contribution in [0.4, 0.5) is 0 Å². The van der Waals surface area contributed by atoms with Crippen molar-refractivity contribution in [2.75, 3.05) is 0 Å². The minimum atomic E-state index is -1.69. The number of nitrogens with two attached hydrogens (primary N) is 1. The van der Waals surface area contributed by atoms with Gasteiger partial charge in [0.15, 0.2) is 0 Å². The number of esters is 1. The van der Waals surface area contributed by atoms with Crippen LogP contribution < -0.4 is 5.73 Å². The average Bonchev–Trinajstić information content (AvgIpc) is 2.91. The summed E-state index contributed by atoms with van der Waals surface area (Å²) in [5.41, 5.74) is 5.22. The summed E-state index contributed by atoms with van der Waals surface area (Å²) < 4.78 is 5.56. The lowest BCUT2D eigenvalue weighted by Gasteiger charge is -2.42. The van der Waals surface area contributed by atoms with Gasteiger partial charge in [0.2, 0.25) is 5.91 Å². The molecule has 4 atom stereocenters. The van der Waals surface area contributed by atoms with Crippen molar-refractivity contribution in [3.63, 3.8) is 0 Å². The molecule has 0 bridgehead atoms. The third-order valence-electron chi connectivity index (χ3n) is 8.73. The van der Waals surface area contributed by atoms with Gasteiger partial charge in [-0.2, -0.15) is 0 Å². The molecule has 0 saturated carbocycles. The highest BCUT2D eigenvalue weighted by Gasteiger charge is 2.53. The molecular formula is C33H53NO5. The quantitative estimate of drug-likeness (QED) is 0.0839. The van der Waals surface area contributed by atoms with Crippen LogP contribution in [0.5, 0.6) is 0 Å². The summed E-state index contributed by atoms with van der Waals surface area (Å²) in [6.07, 6.45) is 16.8. The normalized spacial score (nSPS) is 19.1. The molecule has 1 aliphatic rings. The van der Waals surface area contributed by atoms with E-state index in [1.165, 1.54) is 38.5 Å². The number of carbonyl (C=O) groups is 3. The van der Waals surface area contributed by atoms with Crippen LogP contribution in [-0.2, 0) is 25.5 Å². The highest BCUT2D eigenvalue weighted by Crippen LogP contribution is 2.43. The predicted octanol–water partition coefficient (Wildman–Crippen LogP) is 7.61. The molecular weight excluding hydrogens is 490 g/mol. The van der Waals surface area contributed by atoms with Gasteiger partial charge in [0.1, 0.15) is 11.5 Å². The number of unbranched alkanes of at least 4 members (excludes halogenated alkanes) is 11. The number of hydrogen-bond acceptors (Lipinski definition) is 4. The average molecular weight is 544 g/mol. The third kappa shape index (κ3) is 10.3. The van der Waals surface area contributed by atoms with Gasteiger partial charge in [-0.05, 0) is 43.6 Å². The summed E-state index contributed by atoms with van der Waals surface area (Å²) >= 11 is 0. The monoisotopic (exact) mass is 543 g/mol. The lowest BCUT2D eigenvalue weighted by Crippen LogP contribution is -2.53. The van der Waals surface area contributed by atoms with Gasteiger partial charge in [-0.1, -0.05) is 128 Å². The number of aryl methyl sites for hydroxylation is 1. The zero-order valence-corrected chi connectivity index (χ0v) is 24.5. The second-order valence-corrected chi connectivity index (χ2v) is 11.6. The second kappa shape index (κ2) is 18.1. The fraction of sp³-hybridized carbons (Fsp3) is 0.727. The molecule has 1 saturated heterocycles. The van der Waals surface area contributed by atoms with Crippen molar-refractivity contribution in [1.29, 1.82) is 0 Å². The predicted molar refractivity (Wildman–Crippen MR) is 156 cm³/mol. The topological polar surface area (TPSA) is 107 Å². The summed E-state index contributed by atoms with van der Waals surface area (Å²) in [6, 6.07) is 9.64. The van der Waals surface area contributed by atoms with Crippen LogP contribution in [0.2, 0.25) is 0 Å². The molecule has 1 heterocycles. The number of rotatable bonds is 23. The molecule has 2 rings (SSSR count). The van der Waals surface area contributed by atoms with Gasteiger partial charge in [0.25, 0.3) is 0 Å². The van der Waals surface area contributed by atoms with Crippen LogP contribution in [0.3, 0.4) is 0 Å². The van der Waals surface area contributed by atoms with Crippen LogP contribution in [0, 0.1) is 17.3 Å². The molecule has 0 radical (unpaired) electrons. The van der Waals surface area contributed by atoms with Gasteiger partial charge in [-0.3, -0.25) is 14.4 Å². The van der Waals surface area contributed by atoms with Crippen LogP contribution in [0.15, 0.2) is 30.3 Å². The molecule has 6 heteroatoms. The fourth-order valence-electron chi connectivity index (χ4n) is 6.15. The van der Waals surface area contributed by atoms with Gasteiger partial charge in [-0.15, -0.1) is 0 Å². The molecule has 1 unspecified atom stereocenters. The van der Waals surface area contributed by atoms with E-state index in [0.717, 1.165) is 56.9 Å². The van der Waals surface area contributed by atoms with E-state index >= 15 is 0 Å². The molecule has 1 aromatic carbocycles. The Morgan fingerprint density at radius 1 is 0.897 bits per heavy atom. The molecule has 0 aliphatic carbocycles. The Morgan fingerprint density at radius 3 is 2.00 bits per heavy atom. The third-order valence-corrected chi connectivity index (χ3v) is 8.73. The Hall–Kier alpha value is -2.37. The van der Waals surface area contributed by atoms with Gasteiger partial charge < -0.3 is 15.6 Å². The number of aliphatic carboxylic acids is 1. The molecule has 0 aromatic heterocycles. The lowest BCUT2D eigenvalue weighted by molar-refractivity contribution is -0.189. The number of carboxylic acid groups (broad SMARTS) is 1. The van der Waals surface area contributed by atoms with Crippen molar-refractivity contribution in [1.82, 2.24) is 0 Å². The van der Waals surface area contributed by atoms with Crippen LogP contribution in [0.25, 0.3) is 0 Å². The minimum Gasteiger partial charge on any atom is -0.480 e. The van der Waals surface area contributed by atoms with E-state index in [-0.39, 0.29) is 24.4 Å². The Labute approximate surface area is 236 Å². The fourth-order valence-corrected chi connectivity index (χ4v) is 6.15. The van der Waals surface area contributed by atoms with Crippen molar-refractivity contribution < 1.29 is 24.2 Å². The standard InChI is InChI=1S/C33H53NO5/c1-3-5-7-9-10-11-12-13-17-21-27(25-29-28(30(35)39-29)22-18-8-6-4-2)33(31(34)36,32(37)38)24-23-26-19-15-14-16-20-26/h14-16,19-20,27-29H,3-13,17-18,21-25H2,1-2H3,(H2,34,36)(H,37,38)/t27?,28-,29-,33-/m0/s1. The largest absolute Gasteiger partial charge is 0.480 e. The summed E-state index contributed by atoms with van der Waals surface area (Å²) in [7, 11) is 0. The number of ether oxygens (including phenoxy) is 1. The maximum absolute atomic E-state index is 13.0. The van der Waals surface area contributed by atoms with E-state index in [1.54, 1.807) is 0 Å². The molecule has 0 spiro atoms. The molecule has 1 aromatic rings. The summed E-state index contributed by atoms with van der Waals surface area (Å²) in [5.74, 6) is -2.81. The maximum atomic E-state index is 13.0. The van der Waals surface area contributed by atoms with Crippen LogP contribution in [0.1, 0.15) is 129 Å². The van der Waals surface area contributed by atoms with Crippen molar-refractivity contribution in [3.05, 3.63) is 35.9 Å². The van der Waals surface area contributed by atoms with Gasteiger partial charge >= 0.3 is 11.9 Å². The number of hydrogen-bond donors (Lipinski definition) is 2. The summed E-state index contributed by atoms with van der Waals surface area (Å²) in [6.45, 7) is 4.38. The number of amides is 1. The van der Waals surface area contributed by atoms with Crippen LogP contribution >= 0.6 is 0 Å². The molecule has 3 N–H and O–H groups in total. The first-order valence-electron chi connectivity index (χ1n) is 15.6. The molecule has 220 valence electrons. The van der Waals surface area contributed by atoms with E-state index in [4.69, 9.17) is 10.5 Å². The van der Waals surface area contributed by atoms with Crippen molar-refractivity contribution >= 4 is 17.8 Å². The van der Waals surface area contributed by atoms with Crippen molar-refractivity contribution in [3.8, 4) is 0 Å². The number of benzene rings is 1. The minimum absolute atomic E-state index is 0.144. The number of carbonyl (C=O) groups excluding carboxylic acids is 2. The Balaban J connectivity index is 2.11. The highest BCUT2D eigenvalue weighted by atomic mass is 16.6. The zero-order valence-electron chi connectivity index (χ0n) is 24.5. The highest BCUT2D eigenvalue weighted by molar-refractivity contribution is 6.01. The van der Waals surface area contributed by atoms with Crippen molar-refractivity contribution in [2.24, 2.45) is 23.0 Å². The first-order valence-corrected chi connectivity index (χ1v) is 15.6. The Bertz CT molecular complexity index is 841. The van der Waals surface area contributed by atoms with E-state index in [1.807, 2.05) is 30.3 Å². The molecule has 39 heavy (non-hydrogen) atoms. The van der Waals surface area contributed by atoms with Gasteiger partial charge in [-0.25, -0.2) is 0 Å².